The summed E-state index contributed by atoms with van der Waals surface area (Å²) in [5.74, 6) is 6.11. The number of anilines is 1. The first kappa shape index (κ1) is 14.6. The number of nitrogens with one attached hydrogen (secondary N) is 2. The molecule has 0 aliphatic heterocycles. The van der Waals surface area contributed by atoms with Gasteiger partial charge in [-0.2, -0.15) is 0 Å². The number of thiophene rings is 1. The molecular formula is C15H20N4S. The maximum Gasteiger partial charge on any atom is 0.210 e. The minimum Gasteiger partial charge on any atom is -0.325 e. The van der Waals surface area contributed by atoms with Crippen LogP contribution in [0.3, 0.4) is 0 Å². The van der Waals surface area contributed by atoms with Crippen molar-refractivity contribution < 1.29 is 0 Å². The minimum absolute atomic E-state index is 0.162. The van der Waals surface area contributed by atoms with Gasteiger partial charge in [0.05, 0.1) is 6.04 Å². The van der Waals surface area contributed by atoms with Crippen LogP contribution in [0.4, 0.5) is 5.69 Å². The molecule has 0 saturated carbocycles. The highest BCUT2D eigenvalue weighted by Gasteiger charge is 2.06. The number of nitrogens with zero attached hydrogens (tertiary/aromatic N) is 1. The fourth-order valence-corrected chi connectivity index (χ4v) is 2.93. The average Bonchev–Trinajstić information content (AvgIpc) is 2.84. The number of hydrogen-bond acceptors (Lipinski definition) is 3. The SMILES string of the molecule is Cc1ccc(CC(C)N=C(NN)Nc2ccccc2)s1. The molecule has 4 nitrogen and oxygen atoms in total. The van der Waals surface area contributed by atoms with Crippen molar-refractivity contribution >= 4 is 23.0 Å². The van der Waals surface area contributed by atoms with Crippen LogP contribution in [-0.2, 0) is 6.42 Å². The van der Waals surface area contributed by atoms with Crippen LogP contribution in [0.1, 0.15) is 16.7 Å². The normalized spacial score (nSPS) is 13.1. The van der Waals surface area contributed by atoms with E-state index >= 15 is 0 Å². The van der Waals surface area contributed by atoms with Gasteiger partial charge in [0.1, 0.15) is 0 Å². The van der Waals surface area contributed by atoms with Crippen LogP contribution in [0.15, 0.2) is 47.5 Å². The van der Waals surface area contributed by atoms with Crippen LogP contribution >= 0.6 is 11.3 Å². The van der Waals surface area contributed by atoms with Crippen molar-refractivity contribution in [3.05, 3.63) is 52.2 Å². The molecule has 1 unspecified atom stereocenters. The Bertz CT molecular complexity index is 562. The molecule has 0 fully saturated rings. The third-order valence-electron chi connectivity index (χ3n) is 2.82. The molecular weight excluding hydrogens is 268 g/mol. The second-order valence-corrected chi connectivity index (χ2v) is 6.05. The fourth-order valence-electron chi connectivity index (χ4n) is 1.92. The molecule has 20 heavy (non-hydrogen) atoms. The number of guanidine groups is 1. The molecule has 1 aromatic heterocycles. The molecule has 0 spiro atoms. The van der Waals surface area contributed by atoms with Crippen LogP contribution in [0.2, 0.25) is 0 Å². The number of hydrazine groups is 1. The van der Waals surface area contributed by atoms with E-state index in [4.69, 9.17) is 5.84 Å². The number of hydrogen-bond donors (Lipinski definition) is 3. The summed E-state index contributed by atoms with van der Waals surface area (Å²) in [5, 5.41) is 3.17. The van der Waals surface area contributed by atoms with E-state index in [1.165, 1.54) is 9.75 Å². The molecule has 4 N–H and O–H groups in total. The zero-order valence-electron chi connectivity index (χ0n) is 11.8. The van der Waals surface area contributed by atoms with Crippen LogP contribution < -0.4 is 16.6 Å². The van der Waals surface area contributed by atoms with Gasteiger partial charge in [-0.15, -0.1) is 11.3 Å². The lowest BCUT2D eigenvalue weighted by Crippen LogP contribution is -2.37. The number of aliphatic imine (C=N–C) groups is 1. The third-order valence-corrected chi connectivity index (χ3v) is 3.84. The largest absolute Gasteiger partial charge is 0.325 e. The molecule has 106 valence electrons. The van der Waals surface area contributed by atoms with Crippen molar-refractivity contribution in [1.82, 2.24) is 5.43 Å². The summed E-state index contributed by atoms with van der Waals surface area (Å²) in [6, 6.07) is 14.3. The third kappa shape index (κ3) is 4.36. The smallest absolute Gasteiger partial charge is 0.210 e. The summed E-state index contributed by atoms with van der Waals surface area (Å²) in [6.45, 7) is 4.20. The van der Waals surface area contributed by atoms with Gasteiger partial charge in [-0.25, -0.2) is 10.8 Å². The summed E-state index contributed by atoms with van der Waals surface area (Å²) in [5.41, 5.74) is 3.58. The Morgan fingerprint density at radius 1 is 1.25 bits per heavy atom. The van der Waals surface area contributed by atoms with Crippen molar-refractivity contribution in [2.45, 2.75) is 26.3 Å². The predicted molar refractivity (Wildman–Crippen MR) is 87.0 cm³/mol. The standard InChI is InChI=1S/C15H20N4S/c1-11(10-14-9-8-12(2)20-14)17-15(19-16)18-13-6-4-3-5-7-13/h3-9,11H,10,16H2,1-2H3,(H2,17,18,19). The van der Waals surface area contributed by atoms with Crippen molar-refractivity contribution in [3.63, 3.8) is 0 Å². The Morgan fingerprint density at radius 3 is 2.60 bits per heavy atom. The van der Waals surface area contributed by atoms with Gasteiger partial charge in [0.25, 0.3) is 0 Å². The lowest BCUT2D eigenvalue weighted by molar-refractivity contribution is 0.740. The molecule has 1 atom stereocenters. The Labute approximate surface area is 123 Å². The van der Waals surface area contributed by atoms with Crippen LogP contribution in [0.25, 0.3) is 0 Å². The van der Waals surface area contributed by atoms with Gasteiger partial charge in [-0.3, -0.25) is 5.43 Å². The summed E-state index contributed by atoms with van der Waals surface area (Å²) in [6.07, 6.45) is 0.917. The summed E-state index contributed by atoms with van der Waals surface area (Å²) >= 11 is 1.81. The Balaban J connectivity index is 1.99. The maximum absolute atomic E-state index is 5.53. The number of benzene rings is 1. The van der Waals surface area contributed by atoms with Gasteiger partial charge in [0.15, 0.2) is 0 Å². The van der Waals surface area contributed by atoms with E-state index in [2.05, 4.69) is 41.7 Å². The molecule has 2 aromatic rings. The quantitative estimate of drug-likeness (QED) is 0.351. The highest BCUT2D eigenvalue weighted by molar-refractivity contribution is 7.11. The lowest BCUT2D eigenvalue weighted by Gasteiger charge is -2.12. The Kier molecular flexibility index (Phi) is 5.15. The van der Waals surface area contributed by atoms with Crippen molar-refractivity contribution in [1.29, 1.82) is 0 Å². The predicted octanol–water partition coefficient (Wildman–Crippen LogP) is 2.92. The Morgan fingerprint density at radius 2 is 2.00 bits per heavy atom. The molecule has 0 radical (unpaired) electrons. The van der Waals surface area contributed by atoms with Gasteiger partial charge in [-0.05, 0) is 38.1 Å². The summed E-state index contributed by atoms with van der Waals surface area (Å²) in [7, 11) is 0. The first-order chi connectivity index (χ1) is 9.67. The van der Waals surface area contributed by atoms with E-state index in [9.17, 15) is 0 Å². The highest BCUT2D eigenvalue weighted by Crippen LogP contribution is 2.17. The van der Waals surface area contributed by atoms with Crippen molar-refractivity contribution in [3.8, 4) is 0 Å². The average molecular weight is 288 g/mol. The van der Waals surface area contributed by atoms with Crippen LogP contribution in [0.5, 0.6) is 0 Å². The maximum atomic E-state index is 5.53. The first-order valence-corrected chi connectivity index (χ1v) is 7.41. The molecule has 0 bridgehead atoms. The van der Waals surface area contributed by atoms with Gasteiger partial charge in [0.2, 0.25) is 5.96 Å². The molecule has 0 amide bonds. The molecule has 2 rings (SSSR count). The van der Waals surface area contributed by atoms with E-state index < -0.39 is 0 Å². The van der Waals surface area contributed by atoms with E-state index in [1.54, 1.807) is 0 Å². The van der Waals surface area contributed by atoms with E-state index in [0.29, 0.717) is 5.96 Å². The number of nitrogens with two attached hydrogens (primary N) is 1. The van der Waals surface area contributed by atoms with Crippen LogP contribution in [0, 0.1) is 6.92 Å². The van der Waals surface area contributed by atoms with E-state index in [-0.39, 0.29) is 6.04 Å². The van der Waals surface area contributed by atoms with Crippen LogP contribution in [-0.4, -0.2) is 12.0 Å². The van der Waals surface area contributed by atoms with Crippen molar-refractivity contribution in [2.24, 2.45) is 10.8 Å². The zero-order chi connectivity index (χ0) is 14.4. The number of para-hydroxylation sites is 1. The van der Waals surface area contributed by atoms with Gasteiger partial charge in [-0.1, -0.05) is 18.2 Å². The first-order valence-electron chi connectivity index (χ1n) is 6.59. The molecule has 0 aliphatic rings. The fraction of sp³-hybridized carbons (Fsp3) is 0.267. The topological polar surface area (TPSA) is 62.4 Å². The highest BCUT2D eigenvalue weighted by atomic mass is 32.1. The van der Waals surface area contributed by atoms with Gasteiger partial charge in [0, 0.05) is 21.9 Å². The summed E-state index contributed by atoms with van der Waals surface area (Å²) in [4.78, 5) is 7.24. The monoisotopic (exact) mass is 288 g/mol. The minimum atomic E-state index is 0.162. The molecule has 1 heterocycles. The molecule has 0 saturated heterocycles. The molecule has 5 heteroatoms. The number of rotatable bonds is 4. The summed E-state index contributed by atoms with van der Waals surface area (Å²) < 4.78 is 0. The second kappa shape index (κ2) is 7.07. The lowest BCUT2D eigenvalue weighted by atomic mass is 10.2. The van der Waals surface area contributed by atoms with Gasteiger partial charge >= 0.3 is 0 Å². The molecule has 1 aromatic carbocycles. The molecule has 0 aliphatic carbocycles. The van der Waals surface area contributed by atoms with E-state index in [1.807, 2.05) is 41.7 Å². The van der Waals surface area contributed by atoms with Gasteiger partial charge < -0.3 is 5.32 Å². The van der Waals surface area contributed by atoms with E-state index in [0.717, 1.165) is 12.1 Å². The Hall–Kier alpha value is -1.85. The zero-order valence-corrected chi connectivity index (χ0v) is 12.6. The second-order valence-electron chi connectivity index (χ2n) is 4.68. The number of aryl methyl sites for hydroxylation is 1. The van der Waals surface area contributed by atoms with Crippen molar-refractivity contribution in [2.75, 3.05) is 5.32 Å².